The van der Waals surface area contributed by atoms with Crippen molar-refractivity contribution in [1.82, 2.24) is 4.48 Å². The van der Waals surface area contributed by atoms with E-state index in [0.717, 1.165) is 17.1 Å². The molecule has 2 aliphatic rings. The molecule has 2 aliphatic heterocycles. The average molecular weight is 936 g/mol. The maximum atomic E-state index is 2.74. The molecule has 13 rings (SSSR count). The summed E-state index contributed by atoms with van der Waals surface area (Å²) >= 11 is 1.94. The molecule has 0 radical (unpaired) electrons. The molecule has 71 heavy (non-hydrogen) atoms. The molecule has 0 saturated heterocycles. The quantitative estimate of drug-likeness (QED) is 0.159. The maximum absolute atomic E-state index is 2.74. The zero-order valence-corrected chi connectivity index (χ0v) is 43.0. The smallest absolute Gasteiger partial charge is 0.333 e. The van der Waals surface area contributed by atoms with E-state index in [2.05, 4.69) is 265 Å². The molecule has 3 nitrogen and oxygen atoms in total. The Bertz CT molecular complexity index is 3900. The standard InChI is InChI=1S/C66H58BN3S/c1-64(2,3)42-29-33-56(49(35-42)41-21-13-10-14-22-41)69-58-39-47(68(45-23-15-11-16-24-45)46-25-17-12-18-26-46)31-32-55(58)67-60-51(40-54-48-27-19-20-28-59(48)71-63(54)62(60)69)53-38-44(66(7,8)9)37-52-50-36-43(65(4,5)6)30-34-57(50)70(67)61(52)53/h10-40H,1-9H3. The number of hydrogen-bond donors (Lipinski definition) is 0. The topological polar surface area (TPSA) is 11.4 Å². The Hall–Kier alpha value is -7.34. The molecule has 0 aliphatic carbocycles. The van der Waals surface area contributed by atoms with Gasteiger partial charge in [-0.2, -0.15) is 0 Å². The summed E-state index contributed by atoms with van der Waals surface area (Å²) in [4.78, 5) is 5.11. The summed E-state index contributed by atoms with van der Waals surface area (Å²) in [6.45, 7) is 21.0. The second-order valence-corrected chi connectivity index (χ2v) is 24.1. The molecule has 0 saturated carbocycles. The van der Waals surface area contributed by atoms with Gasteiger partial charge in [-0.1, -0.05) is 165 Å². The fourth-order valence-corrected chi connectivity index (χ4v) is 12.9. The van der Waals surface area contributed by atoms with Crippen LogP contribution < -0.4 is 20.7 Å². The molecule has 9 aromatic carbocycles. The van der Waals surface area contributed by atoms with Crippen LogP contribution in [0.4, 0.5) is 34.1 Å². The third-order valence-corrected chi connectivity index (χ3v) is 16.6. The van der Waals surface area contributed by atoms with Crippen molar-refractivity contribution in [3.05, 3.63) is 205 Å². The number of hydrogen-bond acceptors (Lipinski definition) is 3. The lowest BCUT2D eigenvalue weighted by molar-refractivity contribution is 0.590. The van der Waals surface area contributed by atoms with E-state index in [1.165, 1.54) is 109 Å². The normalized spacial score (nSPS) is 13.4. The van der Waals surface area contributed by atoms with Crippen molar-refractivity contribution < 1.29 is 0 Å². The molecule has 0 spiro atoms. The Kier molecular flexibility index (Phi) is 9.58. The molecule has 0 unspecified atom stereocenters. The molecule has 0 fully saturated rings. The van der Waals surface area contributed by atoms with E-state index in [1.54, 1.807) is 0 Å². The molecule has 0 bridgehead atoms. The van der Waals surface area contributed by atoms with Gasteiger partial charge in [-0.25, -0.2) is 0 Å². The minimum atomic E-state index is -0.112. The van der Waals surface area contributed by atoms with Crippen molar-refractivity contribution in [3.63, 3.8) is 0 Å². The van der Waals surface area contributed by atoms with E-state index in [1.807, 2.05) is 11.3 Å². The predicted molar refractivity (Wildman–Crippen MR) is 309 cm³/mol. The average Bonchev–Trinajstić information content (AvgIpc) is 3.91. The van der Waals surface area contributed by atoms with Crippen molar-refractivity contribution in [2.75, 3.05) is 9.80 Å². The highest BCUT2D eigenvalue weighted by Crippen LogP contribution is 2.54. The molecule has 11 aromatic rings. The summed E-state index contributed by atoms with van der Waals surface area (Å²) in [5.74, 6) is 0. The van der Waals surface area contributed by atoms with Gasteiger partial charge in [0.1, 0.15) is 0 Å². The van der Waals surface area contributed by atoms with E-state index in [4.69, 9.17) is 0 Å². The Morgan fingerprint density at radius 2 is 1.03 bits per heavy atom. The molecular weight excluding hydrogens is 878 g/mol. The van der Waals surface area contributed by atoms with E-state index < -0.39 is 0 Å². The lowest BCUT2D eigenvalue weighted by Crippen LogP contribution is -2.56. The van der Waals surface area contributed by atoms with Crippen molar-refractivity contribution in [2.24, 2.45) is 0 Å². The van der Waals surface area contributed by atoms with Crippen molar-refractivity contribution >= 4 is 105 Å². The highest BCUT2D eigenvalue weighted by atomic mass is 32.1. The van der Waals surface area contributed by atoms with Crippen LogP contribution in [0.25, 0.3) is 64.2 Å². The lowest BCUT2D eigenvalue weighted by Gasteiger charge is -2.42. The number of para-hydroxylation sites is 2. The summed E-state index contributed by atoms with van der Waals surface area (Å²) in [6, 6.07) is 71.4. The SMILES string of the molecule is CC(C)(C)c1ccc(N2c3cc(N(c4ccccc4)c4ccccc4)ccc3B3c4c(cc5c(sc6ccccc65)c42)-c2cc(C(C)(C)C)cc4c5cc(C(C)(C)C)ccc5n3c24)c(-c2ccccc2)c1. The largest absolute Gasteiger partial charge is 0.375 e. The van der Waals surface area contributed by atoms with Gasteiger partial charge in [-0.3, -0.25) is 0 Å². The van der Waals surface area contributed by atoms with E-state index in [9.17, 15) is 0 Å². The zero-order chi connectivity index (χ0) is 48.7. The van der Waals surface area contributed by atoms with Crippen molar-refractivity contribution in [1.29, 1.82) is 0 Å². The Labute approximate surface area is 422 Å². The van der Waals surface area contributed by atoms with Crippen molar-refractivity contribution in [2.45, 2.75) is 78.6 Å². The number of nitrogens with zero attached hydrogens (tertiary/aromatic N) is 3. The van der Waals surface area contributed by atoms with Gasteiger partial charge < -0.3 is 14.3 Å². The van der Waals surface area contributed by atoms with Crippen LogP contribution in [0.2, 0.25) is 0 Å². The third-order valence-electron chi connectivity index (χ3n) is 15.4. The van der Waals surface area contributed by atoms with Gasteiger partial charge in [-0.05, 0) is 140 Å². The third kappa shape index (κ3) is 6.76. The Balaban J connectivity index is 1.23. The summed E-state index contributed by atoms with van der Waals surface area (Å²) in [5.41, 5.74) is 21.1. The Morgan fingerprint density at radius 3 is 1.70 bits per heavy atom. The van der Waals surface area contributed by atoms with Gasteiger partial charge in [-0.15, -0.1) is 11.3 Å². The molecular formula is C66H58BN3S. The van der Waals surface area contributed by atoms with Gasteiger partial charge in [0.05, 0.1) is 16.1 Å². The van der Waals surface area contributed by atoms with Crippen LogP contribution in [0, 0.1) is 0 Å². The zero-order valence-electron chi connectivity index (χ0n) is 42.2. The van der Waals surface area contributed by atoms with Crippen LogP contribution in [0.1, 0.15) is 79.0 Å². The summed E-state index contributed by atoms with van der Waals surface area (Å²) < 4.78 is 5.36. The van der Waals surface area contributed by atoms with Gasteiger partial charge in [0.2, 0.25) is 0 Å². The number of anilines is 6. The minimum absolute atomic E-state index is 0.00840. The summed E-state index contributed by atoms with van der Waals surface area (Å²) in [7, 11) is 0. The van der Waals surface area contributed by atoms with Gasteiger partial charge in [0.25, 0.3) is 0 Å². The first-order valence-corrected chi connectivity index (χ1v) is 26.1. The molecule has 0 N–H and O–H groups in total. The molecule has 0 amide bonds. The number of rotatable bonds is 5. The van der Waals surface area contributed by atoms with Gasteiger partial charge >= 0.3 is 6.85 Å². The lowest BCUT2D eigenvalue weighted by atomic mass is 9.45. The Morgan fingerprint density at radius 1 is 0.437 bits per heavy atom. The van der Waals surface area contributed by atoms with Crippen LogP contribution >= 0.6 is 11.3 Å². The van der Waals surface area contributed by atoms with Crippen LogP contribution in [-0.2, 0) is 16.2 Å². The summed E-state index contributed by atoms with van der Waals surface area (Å²) in [5, 5.41) is 5.27. The maximum Gasteiger partial charge on any atom is 0.333 e. The molecule has 5 heteroatoms. The highest BCUT2D eigenvalue weighted by Gasteiger charge is 2.45. The first-order chi connectivity index (χ1) is 34.1. The van der Waals surface area contributed by atoms with Crippen LogP contribution in [-0.4, -0.2) is 11.3 Å². The molecule has 4 heterocycles. The summed E-state index contributed by atoms with van der Waals surface area (Å²) in [6.07, 6.45) is 0. The molecule has 2 aromatic heterocycles. The monoisotopic (exact) mass is 935 g/mol. The second kappa shape index (κ2) is 15.6. The number of fused-ring (bicyclic) bond motifs is 11. The van der Waals surface area contributed by atoms with Crippen LogP contribution in [0.15, 0.2) is 188 Å². The fraction of sp³-hybridized carbons (Fsp3) is 0.182. The second-order valence-electron chi connectivity index (χ2n) is 23.0. The van der Waals surface area contributed by atoms with Gasteiger partial charge in [0.15, 0.2) is 0 Å². The fourth-order valence-electron chi connectivity index (χ4n) is 11.7. The van der Waals surface area contributed by atoms with Crippen LogP contribution in [0.3, 0.4) is 0 Å². The van der Waals surface area contributed by atoms with E-state index in [0.29, 0.717) is 0 Å². The number of benzene rings is 9. The molecule has 346 valence electrons. The number of thiophene rings is 1. The molecule has 0 atom stereocenters. The van der Waals surface area contributed by atoms with E-state index in [-0.39, 0.29) is 23.1 Å². The highest BCUT2D eigenvalue weighted by molar-refractivity contribution is 7.26. The van der Waals surface area contributed by atoms with E-state index >= 15 is 0 Å². The first-order valence-electron chi connectivity index (χ1n) is 25.3. The first kappa shape index (κ1) is 43.7. The predicted octanol–water partition coefficient (Wildman–Crippen LogP) is 17.6. The van der Waals surface area contributed by atoms with Crippen molar-refractivity contribution in [3.8, 4) is 22.3 Å². The minimum Gasteiger partial charge on any atom is -0.375 e. The van der Waals surface area contributed by atoms with Gasteiger partial charge in [0, 0.05) is 71.2 Å². The van der Waals surface area contributed by atoms with Crippen LogP contribution in [0.5, 0.6) is 0 Å². The number of aromatic nitrogens is 1.